The maximum atomic E-state index is 11.8. The highest BCUT2D eigenvalue weighted by molar-refractivity contribution is 6.06. The second-order valence-electron chi connectivity index (χ2n) is 4.24. The smallest absolute Gasteiger partial charge is 0.221 e. The van der Waals surface area contributed by atoms with E-state index in [1.54, 1.807) is 18.2 Å². The summed E-state index contributed by atoms with van der Waals surface area (Å²) in [4.78, 5) is 11.8. The molecule has 0 bridgehead atoms. The van der Waals surface area contributed by atoms with Crippen molar-refractivity contribution < 1.29 is 9.21 Å². The van der Waals surface area contributed by atoms with Gasteiger partial charge in [0.05, 0.1) is 6.26 Å². The van der Waals surface area contributed by atoms with Crippen LogP contribution in [-0.2, 0) is 0 Å². The molecule has 0 atom stereocenters. The summed E-state index contributed by atoms with van der Waals surface area (Å²) in [5.41, 5.74) is 1.03. The molecule has 19 heavy (non-hydrogen) atoms. The molecule has 0 aliphatic rings. The summed E-state index contributed by atoms with van der Waals surface area (Å²) in [7, 11) is 0. The third-order valence-corrected chi connectivity index (χ3v) is 3.00. The topological polar surface area (TPSA) is 30.2 Å². The number of hydrogen-bond acceptors (Lipinski definition) is 2. The summed E-state index contributed by atoms with van der Waals surface area (Å²) in [6.45, 7) is 0. The zero-order chi connectivity index (χ0) is 13.1. The van der Waals surface area contributed by atoms with Gasteiger partial charge in [0.1, 0.15) is 0 Å². The van der Waals surface area contributed by atoms with Crippen molar-refractivity contribution in [2.75, 3.05) is 0 Å². The molecule has 0 saturated carbocycles. The molecule has 1 heterocycles. The Bertz CT molecular complexity index is 732. The van der Waals surface area contributed by atoms with E-state index >= 15 is 0 Å². The van der Waals surface area contributed by atoms with Crippen LogP contribution in [0.15, 0.2) is 71.4 Å². The fraction of sp³-hybridized carbons (Fsp3) is 0. The summed E-state index contributed by atoms with van der Waals surface area (Å²) >= 11 is 0. The molecular weight excluding hydrogens is 236 g/mol. The fourth-order valence-corrected chi connectivity index (χ4v) is 2.06. The van der Waals surface area contributed by atoms with E-state index in [1.165, 1.54) is 6.26 Å². The van der Waals surface area contributed by atoms with Crippen LogP contribution < -0.4 is 0 Å². The third-order valence-electron chi connectivity index (χ3n) is 3.00. The largest absolute Gasteiger partial charge is 0.461 e. The molecule has 0 N–H and O–H groups in total. The molecule has 1 aromatic heterocycles. The van der Waals surface area contributed by atoms with E-state index in [1.807, 2.05) is 36.4 Å². The van der Waals surface area contributed by atoms with Gasteiger partial charge in [-0.3, -0.25) is 4.79 Å². The van der Waals surface area contributed by atoms with Crippen LogP contribution in [0.3, 0.4) is 0 Å². The predicted molar refractivity (Wildman–Crippen MR) is 76.0 cm³/mol. The van der Waals surface area contributed by atoms with Gasteiger partial charge in [0.2, 0.25) is 5.78 Å². The molecule has 3 rings (SSSR count). The summed E-state index contributed by atoms with van der Waals surface area (Å²) < 4.78 is 5.07. The van der Waals surface area contributed by atoms with Gasteiger partial charge in [-0.25, -0.2) is 0 Å². The number of carbonyl (C=O) groups is 1. The van der Waals surface area contributed by atoms with Gasteiger partial charge < -0.3 is 4.42 Å². The zero-order valence-electron chi connectivity index (χ0n) is 10.2. The first-order valence-corrected chi connectivity index (χ1v) is 6.08. The molecule has 0 fully saturated rings. The average Bonchev–Trinajstić information content (AvgIpc) is 2.99. The standard InChI is InChI=1S/C17H12O2/c18-16(17-9-4-12-19-17)11-10-14-7-3-6-13-5-1-2-8-15(13)14/h1-12H/b11-10+. The van der Waals surface area contributed by atoms with Gasteiger partial charge in [-0.1, -0.05) is 48.5 Å². The summed E-state index contributed by atoms with van der Waals surface area (Å²) in [6.07, 6.45) is 4.87. The highest BCUT2D eigenvalue weighted by Gasteiger charge is 2.04. The Hall–Kier alpha value is -2.61. The fourth-order valence-electron chi connectivity index (χ4n) is 2.06. The number of carbonyl (C=O) groups excluding carboxylic acids is 1. The van der Waals surface area contributed by atoms with Gasteiger partial charge in [0.15, 0.2) is 5.76 Å². The van der Waals surface area contributed by atoms with Crippen LogP contribution in [0.25, 0.3) is 16.8 Å². The van der Waals surface area contributed by atoms with Gasteiger partial charge in [-0.05, 0) is 34.5 Å². The molecule has 0 spiro atoms. The Morgan fingerprint density at radius 1 is 0.947 bits per heavy atom. The highest BCUT2D eigenvalue weighted by atomic mass is 16.3. The Kier molecular flexibility index (Phi) is 2.99. The molecule has 3 aromatic rings. The van der Waals surface area contributed by atoms with Crippen molar-refractivity contribution in [3.8, 4) is 0 Å². The summed E-state index contributed by atoms with van der Waals surface area (Å²) in [6, 6.07) is 17.5. The number of fused-ring (bicyclic) bond motifs is 1. The first kappa shape index (κ1) is 11.5. The van der Waals surface area contributed by atoms with Gasteiger partial charge in [0, 0.05) is 0 Å². The van der Waals surface area contributed by atoms with Gasteiger partial charge in [0.25, 0.3) is 0 Å². The third kappa shape index (κ3) is 2.33. The van der Waals surface area contributed by atoms with Gasteiger partial charge in [-0.15, -0.1) is 0 Å². The molecule has 92 valence electrons. The zero-order valence-corrected chi connectivity index (χ0v) is 10.2. The van der Waals surface area contributed by atoms with Crippen molar-refractivity contribution in [3.63, 3.8) is 0 Å². The monoisotopic (exact) mass is 248 g/mol. The van der Waals surface area contributed by atoms with Crippen LogP contribution in [0.1, 0.15) is 16.1 Å². The van der Waals surface area contributed by atoms with Crippen molar-refractivity contribution in [2.45, 2.75) is 0 Å². The van der Waals surface area contributed by atoms with E-state index in [0.717, 1.165) is 16.3 Å². The maximum absolute atomic E-state index is 11.8. The lowest BCUT2D eigenvalue weighted by Crippen LogP contribution is -1.90. The molecule has 0 saturated heterocycles. The first-order chi connectivity index (χ1) is 9.34. The molecule has 2 nitrogen and oxygen atoms in total. The van der Waals surface area contributed by atoms with Crippen molar-refractivity contribution >= 4 is 22.6 Å². The van der Waals surface area contributed by atoms with E-state index in [2.05, 4.69) is 12.1 Å². The predicted octanol–water partition coefficient (Wildman–Crippen LogP) is 4.33. The normalized spacial score (nSPS) is 11.2. The number of benzene rings is 2. The van der Waals surface area contributed by atoms with Gasteiger partial charge in [-0.2, -0.15) is 0 Å². The van der Waals surface area contributed by atoms with Crippen LogP contribution >= 0.6 is 0 Å². The number of hydrogen-bond donors (Lipinski definition) is 0. The molecular formula is C17H12O2. The van der Waals surface area contributed by atoms with E-state index < -0.39 is 0 Å². The minimum atomic E-state index is -0.127. The maximum Gasteiger partial charge on any atom is 0.221 e. The number of allylic oxidation sites excluding steroid dienone is 1. The molecule has 2 aromatic carbocycles. The highest BCUT2D eigenvalue weighted by Crippen LogP contribution is 2.19. The van der Waals surface area contributed by atoms with Crippen molar-refractivity contribution in [2.24, 2.45) is 0 Å². The van der Waals surface area contributed by atoms with Crippen LogP contribution in [-0.4, -0.2) is 5.78 Å². The lowest BCUT2D eigenvalue weighted by molar-refractivity contribution is 0.102. The lowest BCUT2D eigenvalue weighted by atomic mass is 10.0. The minimum Gasteiger partial charge on any atom is -0.461 e. The second-order valence-corrected chi connectivity index (χ2v) is 4.24. The molecule has 0 aliphatic carbocycles. The van der Waals surface area contributed by atoms with Crippen molar-refractivity contribution in [1.82, 2.24) is 0 Å². The molecule has 0 aliphatic heterocycles. The van der Waals surface area contributed by atoms with E-state index in [4.69, 9.17) is 4.42 Å². The van der Waals surface area contributed by atoms with E-state index in [9.17, 15) is 4.79 Å². The second kappa shape index (κ2) is 4.94. The van der Waals surface area contributed by atoms with E-state index in [-0.39, 0.29) is 5.78 Å². The van der Waals surface area contributed by atoms with Gasteiger partial charge >= 0.3 is 0 Å². The molecule has 0 amide bonds. The number of furan rings is 1. The van der Waals surface area contributed by atoms with Crippen LogP contribution in [0.5, 0.6) is 0 Å². The Morgan fingerprint density at radius 2 is 1.79 bits per heavy atom. The lowest BCUT2D eigenvalue weighted by Gasteiger charge is -2.01. The van der Waals surface area contributed by atoms with Crippen LogP contribution in [0.4, 0.5) is 0 Å². The Morgan fingerprint density at radius 3 is 2.63 bits per heavy atom. The van der Waals surface area contributed by atoms with E-state index in [0.29, 0.717) is 5.76 Å². The SMILES string of the molecule is O=C(/C=C/c1cccc2ccccc12)c1ccco1. The van der Waals surface area contributed by atoms with Crippen molar-refractivity contribution in [1.29, 1.82) is 0 Å². The molecule has 0 radical (unpaired) electrons. The molecule has 2 heteroatoms. The Labute approximate surface area is 111 Å². The van der Waals surface area contributed by atoms with Crippen LogP contribution in [0.2, 0.25) is 0 Å². The first-order valence-electron chi connectivity index (χ1n) is 6.08. The minimum absolute atomic E-state index is 0.127. The van der Waals surface area contributed by atoms with Crippen LogP contribution in [0, 0.1) is 0 Å². The summed E-state index contributed by atoms with van der Waals surface area (Å²) in [5.74, 6) is 0.231. The number of rotatable bonds is 3. The Balaban J connectivity index is 1.95. The quantitative estimate of drug-likeness (QED) is 0.510. The molecule has 0 unspecified atom stereocenters. The average molecular weight is 248 g/mol. The van der Waals surface area contributed by atoms with Crippen molar-refractivity contribution in [3.05, 3.63) is 78.3 Å². The summed E-state index contributed by atoms with van der Waals surface area (Å²) in [5, 5.41) is 2.29. The number of ketones is 1.